The molecule has 0 aromatic carbocycles. The monoisotopic (exact) mass is 371 g/mol. The van der Waals surface area contributed by atoms with Crippen LogP contribution in [0.2, 0.25) is 0 Å². The molecule has 1 aromatic heterocycles. The van der Waals surface area contributed by atoms with E-state index in [0.29, 0.717) is 12.5 Å². The van der Waals surface area contributed by atoms with Crippen molar-refractivity contribution in [1.82, 2.24) is 14.4 Å². The summed E-state index contributed by atoms with van der Waals surface area (Å²) < 4.78 is 7.62. The van der Waals surface area contributed by atoms with Crippen molar-refractivity contribution in [2.45, 2.75) is 57.2 Å². The number of aromatic nitrogens is 1. The smallest absolute Gasteiger partial charge is 0.255 e. The van der Waals surface area contributed by atoms with E-state index in [1.165, 1.54) is 12.8 Å². The summed E-state index contributed by atoms with van der Waals surface area (Å²) >= 11 is 0. The highest BCUT2D eigenvalue weighted by atomic mass is 16.5. The molecule has 0 radical (unpaired) electrons. The fourth-order valence-corrected chi connectivity index (χ4v) is 5.45. The van der Waals surface area contributed by atoms with Crippen molar-refractivity contribution in [2.75, 3.05) is 32.8 Å². The molecule has 0 saturated carbocycles. The van der Waals surface area contributed by atoms with Gasteiger partial charge in [0.1, 0.15) is 6.10 Å². The molecule has 3 atom stereocenters. The molecule has 0 unspecified atom stereocenters. The third-order valence-corrected chi connectivity index (χ3v) is 6.79. The van der Waals surface area contributed by atoms with Crippen LogP contribution in [0.15, 0.2) is 16.9 Å². The summed E-state index contributed by atoms with van der Waals surface area (Å²) in [6.45, 7) is 5.91. The average molecular weight is 371 g/mol. The Balaban J connectivity index is 1.36. The highest BCUT2D eigenvalue weighted by molar-refractivity contribution is 5.81. The number of ether oxygens (including phenoxy) is 1. The molecule has 5 heterocycles. The molecule has 27 heavy (non-hydrogen) atoms. The lowest BCUT2D eigenvalue weighted by Crippen LogP contribution is -2.51. The van der Waals surface area contributed by atoms with Crippen LogP contribution in [0.4, 0.5) is 0 Å². The number of fused-ring (bicyclic) bond motifs is 4. The van der Waals surface area contributed by atoms with Crippen molar-refractivity contribution in [1.29, 1.82) is 0 Å². The lowest BCUT2D eigenvalue weighted by Gasteiger charge is -2.43. The maximum Gasteiger partial charge on any atom is 0.255 e. The van der Waals surface area contributed by atoms with Crippen molar-refractivity contribution >= 4 is 5.91 Å². The van der Waals surface area contributed by atoms with Crippen molar-refractivity contribution in [3.63, 3.8) is 0 Å². The molecular weight excluding hydrogens is 342 g/mol. The zero-order chi connectivity index (χ0) is 18.4. The lowest BCUT2D eigenvalue weighted by molar-refractivity contribution is -0.143. The normalized spacial score (nSPS) is 30.5. The SMILES string of the molecule is O=C([C@H]1CCCO1)N1C[C@@H]2C[C@H](C1)c1ccc(CN3CCCC3)c(=O)n1C2. The molecule has 1 amide bonds. The van der Waals surface area contributed by atoms with Gasteiger partial charge < -0.3 is 14.2 Å². The van der Waals surface area contributed by atoms with Gasteiger partial charge in [-0.25, -0.2) is 0 Å². The fraction of sp³-hybridized carbons (Fsp3) is 0.714. The van der Waals surface area contributed by atoms with Crippen LogP contribution >= 0.6 is 0 Å². The van der Waals surface area contributed by atoms with Crippen LogP contribution in [-0.4, -0.2) is 59.2 Å². The van der Waals surface area contributed by atoms with Gasteiger partial charge in [0, 0.05) is 50.0 Å². The van der Waals surface area contributed by atoms with E-state index >= 15 is 0 Å². The summed E-state index contributed by atoms with van der Waals surface area (Å²) in [5.74, 6) is 0.807. The molecule has 3 saturated heterocycles. The quantitative estimate of drug-likeness (QED) is 0.809. The standard InChI is InChI=1S/C21H29N3O3/c25-20-16(13-22-7-1-2-8-22)5-6-18-17-10-15(12-24(18)20)11-23(14-17)21(26)19-4-3-9-27-19/h5-6,15,17,19H,1-4,7-14H2/t15-,17+,19+/m0/s1. The molecular formula is C21H29N3O3. The van der Waals surface area contributed by atoms with Crippen LogP contribution in [0.3, 0.4) is 0 Å². The summed E-state index contributed by atoms with van der Waals surface area (Å²) in [6.07, 6.45) is 5.15. The van der Waals surface area contributed by atoms with Gasteiger partial charge in [-0.05, 0) is 57.2 Å². The van der Waals surface area contributed by atoms with E-state index < -0.39 is 0 Å². The van der Waals surface area contributed by atoms with Crippen LogP contribution in [0.5, 0.6) is 0 Å². The van der Waals surface area contributed by atoms with E-state index in [-0.39, 0.29) is 23.5 Å². The van der Waals surface area contributed by atoms with E-state index in [4.69, 9.17) is 4.74 Å². The van der Waals surface area contributed by atoms with Crippen LogP contribution < -0.4 is 5.56 Å². The Bertz CT molecular complexity index is 777. The summed E-state index contributed by atoms with van der Waals surface area (Å²) in [4.78, 5) is 30.3. The molecule has 4 aliphatic heterocycles. The van der Waals surface area contributed by atoms with Crippen molar-refractivity contribution in [3.05, 3.63) is 33.7 Å². The number of hydrogen-bond donors (Lipinski definition) is 0. The zero-order valence-electron chi connectivity index (χ0n) is 15.9. The van der Waals surface area contributed by atoms with E-state index in [9.17, 15) is 9.59 Å². The molecule has 0 N–H and O–H groups in total. The number of carbonyl (C=O) groups excluding carboxylic acids is 1. The first-order valence-electron chi connectivity index (χ1n) is 10.5. The molecule has 6 nitrogen and oxygen atoms in total. The van der Waals surface area contributed by atoms with Gasteiger partial charge in [-0.2, -0.15) is 0 Å². The number of likely N-dealkylation sites (tertiary alicyclic amines) is 2. The molecule has 2 bridgehead atoms. The van der Waals surface area contributed by atoms with Gasteiger partial charge in [0.25, 0.3) is 11.5 Å². The second-order valence-corrected chi connectivity index (χ2v) is 8.73. The van der Waals surface area contributed by atoms with Gasteiger partial charge in [-0.3, -0.25) is 14.5 Å². The maximum absolute atomic E-state index is 13.1. The highest BCUT2D eigenvalue weighted by Crippen LogP contribution is 2.36. The molecule has 1 aromatic rings. The Morgan fingerprint density at radius 3 is 2.74 bits per heavy atom. The number of rotatable bonds is 3. The maximum atomic E-state index is 13.1. The molecule has 0 aliphatic carbocycles. The molecule has 4 aliphatic rings. The largest absolute Gasteiger partial charge is 0.368 e. The Kier molecular flexibility index (Phi) is 4.56. The molecule has 5 rings (SSSR count). The van der Waals surface area contributed by atoms with Gasteiger partial charge in [0.15, 0.2) is 0 Å². The number of nitrogens with zero attached hydrogens (tertiary/aromatic N) is 3. The van der Waals surface area contributed by atoms with E-state index in [1.807, 2.05) is 15.5 Å². The summed E-state index contributed by atoms with van der Waals surface area (Å²) in [5.41, 5.74) is 2.23. The van der Waals surface area contributed by atoms with Gasteiger partial charge in [-0.15, -0.1) is 0 Å². The van der Waals surface area contributed by atoms with Crippen molar-refractivity contribution in [2.24, 2.45) is 5.92 Å². The highest BCUT2D eigenvalue weighted by Gasteiger charge is 2.39. The first-order chi connectivity index (χ1) is 13.2. The van der Waals surface area contributed by atoms with E-state index in [0.717, 1.165) is 69.8 Å². The van der Waals surface area contributed by atoms with Gasteiger partial charge in [0.05, 0.1) is 0 Å². The van der Waals surface area contributed by atoms with Gasteiger partial charge >= 0.3 is 0 Å². The van der Waals surface area contributed by atoms with E-state index in [1.54, 1.807) is 0 Å². The topological polar surface area (TPSA) is 54.8 Å². The Hall–Kier alpha value is -1.66. The number of hydrogen-bond acceptors (Lipinski definition) is 4. The number of amides is 1. The van der Waals surface area contributed by atoms with Crippen LogP contribution in [-0.2, 0) is 22.6 Å². The second-order valence-electron chi connectivity index (χ2n) is 8.73. The Morgan fingerprint density at radius 2 is 1.96 bits per heavy atom. The lowest BCUT2D eigenvalue weighted by atomic mass is 9.82. The minimum atomic E-state index is -0.242. The van der Waals surface area contributed by atoms with Gasteiger partial charge in [-0.1, -0.05) is 6.07 Å². The minimum Gasteiger partial charge on any atom is -0.368 e. The second kappa shape index (κ2) is 7.06. The Morgan fingerprint density at radius 1 is 1.11 bits per heavy atom. The number of carbonyl (C=O) groups is 1. The van der Waals surface area contributed by atoms with Crippen LogP contribution in [0.25, 0.3) is 0 Å². The van der Waals surface area contributed by atoms with E-state index in [2.05, 4.69) is 11.0 Å². The predicted molar refractivity (Wildman–Crippen MR) is 102 cm³/mol. The van der Waals surface area contributed by atoms with Gasteiger partial charge in [0.2, 0.25) is 0 Å². The average Bonchev–Trinajstić information content (AvgIpc) is 3.37. The number of pyridine rings is 1. The summed E-state index contributed by atoms with van der Waals surface area (Å²) in [7, 11) is 0. The third kappa shape index (κ3) is 3.23. The third-order valence-electron chi connectivity index (χ3n) is 6.79. The fourth-order valence-electron chi connectivity index (χ4n) is 5.45. The molecule has 6 heteroatoms. The summed E-state index contributed by atoms with van der Waals surface area (Å²) in [5, 5.41) is 0. The van der Waals surface area contributed by atoms with Crippen molar-refractivity contribution in [3.8, 4) is 0 Å². The Labute approximate surface area is 160 Å². The molecule has 3 fully saturated rings. The van der Waals surface area contributed by atoms with Crippen molar-refractivity contribution < 1.29 is 9.53 Å². The minimum absolute atomic E-state index is 0.156. The first kappa shape index (κ1) is 17.4. The molecule has 146 valence electrons. The van der Waals surface area contributed by atoms with Crippen LogP contribution in [0, 0.1) is 5.92 Å². The first-order valence-corrected chi connectivity index (χ1v) is 10.5. The summed E-state index contributed by atoms with van der Waals surface area (Å²) in [6, 6.07) is 4.18. The predicted octanol–water partition coefficient (Wildman–Crippen LogP) is 1.57. The number of piperidine rings is 1. The van der Waals surface area contributed by atoms with Crippen LogP contribution in [0.1, 0.15) is 49.3 Å². The molecule has 0 spiro atoms. The zero-order valence-corrected chi connectivity index (χ0v) is 15.9.